The molecule has 4 aromatic rings. The molecule has 41 heavy (non-hydrogen) atoms. The van der Waals surface area contributed by atoms with Gasteiger partial charge in [0.15, 0.2) is 5.09 Å². The molecule has 0 radical (unpaired) electrons. The van der Waals surface area contributed by atoms with Gasteiger partial charge in [-0.3, -0.25) is 18.8 Å². The van der Waals surface area contributed by atoms with Gasteiger partial charge in [0, 0.05) is 46.9 Å². The third-order valence-electron chi connectivity index (χ3n) is 6.84. The highest BCUT2D eigenvalue weighted by molar-refractivity contribution is 7.99. The van der Waals surface area contributed by atoms with E-state index in [0.29, 0.717) is 29.8 Å². The number of aromatic nitrogens is 1. The minimum atomic E-state index is -2.62. The number of nitrogens with one attached hydrogen (secondary N) is 1. The number of rotatable bonds is 7. The number of aliphatic carboxylic acids is 1. The van der Waals surface area contributed by atoms with Crippen LogP contribution in [-0.2, 0) is 33.7 Å². The van der Waals surface area contributed by atoms with E-state index in [1.54, 1.807) is 23.2 Å². The number of hydrogen-bond acceptors (Lipinski definition) is 6. The van der Waals surface area contributed by atoms with Gasteiger partial charge >= 0.3 is 5.97 Å². The van der Waals surface area contributed by atoms with Gasteiger partial charge in [0.25, 0.3) is 11.8 Å². The lowest BCUT2D eigenvalue weighted by molar-refractivity contribution is -0.139. The van der Waals surface area contributed by atoms with E-state index in [9.17, 15) is 23.7 Å². The van der Waals surface area contributed by atoms with E-state index in [1.165, 1.54) is 18.4 Å². The molecule has 5 rings (SSSR count). The lowest BCUT2D eigenvalue weighted by atomic mass is 9.96. The first-order chi connectivity index (χ1) is 19.4. The van der Waals surface area contributed by atoms with Crippen LogP contribution in [0.5, 0.6) is 0 Å². The molecular formula is C29H25Cl2N3O6S. The van der Waals surface area contributed by atoms with Crippen LogP contribution >= 0.6 is 23.2 Å². The molecule has 0 saturated heterocycles. The molecule has 2 aromatic carbocycles. The van der Waals surface area contributed by atoms with Crippen LogP contribution in [0.4, 0.5) is 0 Å². The van der Waals surface area contributed by atoms with Crippen molar-refractivity contribution >= 4 is 67.2 Å². The number of pyridine rings is 1. The fourth-order valence-electron chi connectivity index (χ4n) is 4.73. The van der Waals surface area contributed by atoms with E-state index in [1.807, 2.05) is 24.3 Å². The van der Waals surface area contributed by atoms with Crippen LogP contribution in [0.15, 0.2) is 64.2 Å². The van der Waals surface area contributed by atoms with Crippen molar-refractivity contribution in [1.82, 2.24) is 15.2 Å². The maximum absolute atomic E-state index is 13.2. The van der Waals surface area contributed by atoms with Crippen LogP contribution in [0, 0.1) is 0 Å². The fraction of sp³-hybridized carbons (Fsp3) is 0.207. The average molecular weight is 615 g/mol. The highest BCUT2D eigenvalue weighted by Crippen LogP contribution is 2.35. The smallest absolute Gasteiger partial charge is 0.326 e. The van der Waals surface area contributed by atoms with Crippen molar-refractivity contribution in [1.29, 1.82) is 0 Å². The summed E-state index contributed by atoms with van der Waals surface area (Å²) < 4.78 is 17.6. The summed E-state index contributed by atoms with van der Waals surface area (Å²) in [6.45, 7) is 0.559. The SMILES string of the molecule is C=S(C)(=O)c1ccc(C[C@H](NC(=O)c2c(Cl)cc3c(c2Cl)CCN(C(=O)c2cc4ccccc4cn2)C3)C(=O)O)o1. The Morgan fingerprint density at radius 2 is 1.90 bits per heavy atom. The molecule has 1 aliphatic rings. The molecule has 2 N–H and O–H groups in total. The standard InChI is InChI=1S/C29H25Cl2N3O6S/c1-41(2,39)24-8-7-19(40-24)13-23(29(37)38)33-27(35)25-21(30)11-18-15-34(10-9-20(18)26(25)31)28(36)22-12-16-5-3-4-6-17(16)14-32-22/h3-8,11-12,14,23H,1,9-10,13,15H2,2H3,(H,33,35)(H,37,38)/t23-,41?/m0/s1. The Hall–Kier alpha value is -3.86. The summed E-state index contributed by atoms with van der Waals surface area (Å²) in [7, 11) is -2.62. The van der Waals surface area contributed by atoms with Gasteiger partial charge in [0.2, 0.25) is 0 Å². The van der Waals surface area contributed by atoms with Gasteiger partial charge in [-0.05, 0) is 53.1 Å². The predicted octanol–water partition coefficient (Wildman–Crippen LogP) is 4.46. The minimum absolute atomic E-state index is 0.0246. The third-order valence-corrected chi connectivity index (χ3v) is 8.63. The fourth-order valence-corrected chi connectivity index (χ4v) is 6.13. The summed E-state index contributed by atoms with van der Waals surface area (Å²) in [5.41, 5.74) is 1.61. The molecule has 0 spiro atoms. The van der Waals surface area contributed by atoms with Crippen LogP contribution in [0.1, 0.15) is 37.7 Å². The molecule has 0 aliphatic carbocycles. The molecule has 2 amide bonds. The maximum atomic E-state index is 13.2. The van der Waals surface area contributed by atoms with Crippen molar-refractivity contribution in [2.75, 3.05) is 12.8 Å². The van der Waals surface area contributed by atoms with Gasteiger partial charge in [-0.25, -0.2) is 4.79 Å². The van der Waals surface area contributed by atoms with Crippen LogP contribution in [0.25, 0.3) is 10.8 Å². The quantitative estimate of drug-likeness (QED) is 0.294. The first-order valence-corrected chi connectivity index (χ1v) is 15.4. The molecule has 0 bridgehead atoms. The second kappa shape index (κ2) is 11.2. The van der Waals surface area contributed by atoms with E-state index in [-0.39, 0.29) is 45.3 Å². The highest BCUT2D eigenvalue weighted by Gasteiger charge is 2.30. The summed E-state index contributed by atoms with van der Waals surface area (Å²) in [6.07, 6.45) is 3.24. The Morgan fingerprint density at radius 1 is 1.17 bits per heavy atom. The molecule has 2 atom stereocenters. The van der Waals surface area contributed by atoms with Gasteiger partial charge in [-0.1, -0.05) is 47.5 Å². The zero-order valence-electron chi connectivity index (χ0n) is 21.9. The van der Waals surface area contributed by atoms with E-state index in [0.717, 1.165) is 10.8 Å². The molecule has 12 heteroatoms. The first-order valence-electron chi connectivity index (χ1n) is 12.5. The van der Waals surface area contributed by atoms with Crippen LogP contribution in [0.3, 0.4) is 0 Å². The zero-order valence-corrected chi connectivity index (χ0v) is 24.2. The maximum Gasteiger partial charge on any atom is 0.326 e. The van der Waals surface area contributed by atoms with E-state index >= 15 is 0 Å². The van der Waals surface area contributed by atoms with Crippen molar-refractivity contribution in [2.45, 2.75) is 30.5 Å². The predicted molar refractivity (Wildman–Crippen MR) is 157 cm³/mol. The monoisotopic (exact) mass is 613 g/mol. The van der Waals surface area contributed by atoms with Crippen molar-refractivity contribution in [2.24, 2.45) is 0 Å². The summed E-state index contributed by atoms with van der Waals surface area (Å²) in [6, 6.07) is 12.5. The van der Waals surface area contributed by atoms with E-state index in [2.05, 4.69) is 16.2 Å². The van der Waals surface area contributed by atoms with Gasteiger partial charge in [-0.2, -0.15) is 0 Å². The molecule has 0 fully saturated rings. The molecule has 2 aromatic heterocycles. The summed E-state index contributed by atoms with van der Waals surface area (Å²) in [5, 5.41) is 14.3. The lowest BCUT2D eigenvalue weighted by Gasteiger charge is -2.30. The molecule has 9 nitrogen and oxygen atoms in total. The lowest BCUT2D eigenvalue weighted by Crippen LogP contribution is -2.42. The van der Waals surface area contributed by atoms with Crippen LogP contribution in [0.2, 0.25) is 10.0 Å². The van der Waals surface area contributed by atoms with Crippen molar-refractivity contribution < 1.29 is 28.1 Å². The number of benzene rings is 2. The number of carboxylic acids is 1. The Kier molecular flexibility index (Phi) is 7.83. The number of carboxylic acid groups (broad SMARTS) is 1. The average Bonchev–Trinajstić information content (AvgIpc) is 3.41. The molecule has 1 aliphatic heterocycles. The first kappa shape index (κ1) is 28.7. The number of hydrogen-bond donors (Lipinski definition) is 2. The van der Waals surface area contributed by atoms with Crippen LogP contribution < -0.4 is 5.32 Å². The number of carbonyl (C=O) groups is 3. The van der Waals surface area contributed by atoms with Crippen LogP contribution in [-0.4, -0.2) is 61.7 Å². The number of amides is 2. The van der Waals surface area contributed by atoms with E-state index < -0.39 is 27.4 Å². The number of furan rings is 1. The number of halogens is 2. The minimum Gasteiger partial charge on any atom is -0.480 e. The zero-order chi connectivity index (χ0) is 29.5. The summed E-state index contributed by atoms with van der Waals surface area (Å²) in [4.78, 5) is 44.3. The summed E-state index contributed by atoms with van der Waals surface area (Å²) >= 11 is 13.1. The molecule has 3 heterocycles. The van der Waals surface area contributed by atoms with Gasteiger partial charge in [-0.15, -0.1) is 0 Å². The molecule has 0 saturated carbocycles. The van der Waals surface area contributed by atoms with Gasteiger partial charge in [0.05, 0.1) is 15.6 Å². The van der Waals surface area contributed by atoms with Gasteiger partial charge in [0.1, 0.15) is 17.5 Å². The van der Waals surface area contributed by atoms with Crippen molar-refractivity contribution in [3.63, 3.8) is 0 Å². The third kappa shape index (κ3) is 5.95. The molecule has 1 unspecified atom stereocenters. The van der Waals surface area contributed by atoms with Crippen molar-refractivity contribution in [3.05, 3.63) is 92.9 Å². The van der Waals surface area contributed by atoms with Gasteiger partial charge < -0.3 is 19.7 Å². The topological polar surface area (TPSA) is 130 Å². The Balaban J connectivity index is 1.34. The Morgan fingerprint density at radius 3 is 2.59 bits per heavy atom. The second-order valence-corrected chi connectivity index (χ2v) is 13.1. The molecule has 212 valence electrons. The second-order valence-electron chi connectivity index (χ2n) is 9.87. The van der Waals surface area contributed by atoms with E-state index in [4.69, 9.17) is 27.6 Å². The molecular weight excluding hydrogens is 589 g/mol. The normalized spacial score (nSPS) is 15.1. The Bertz CT molecular complexity index is 1820. The number of carbonyl (C=O) groups excluding carboxylic acids is 2. The number of nitrogens with zero attached hydrogens (tertiary/aromatic N) is 2. The Labute approximate surface area is 246 Å². The largest absolute Gasteiger partial charge is 0.480 e. The highest BCUT2D eigenvalue weighted by atomic mass is 35.5. The summed E-state index contributed by atoms with van der Waals surface area (Å²) in [5.74, 6) is 1.46. The van der Waals surface area contributed by atoms with Crippen molar-refractivity contribution in [3.8, 4) is 0 Å². The number of fused-ring (bicyclic) bond motifs is 2.